The second kappa shape index (κ2) is 7.69. The zero-order valence-electron chi connectivity index (χ0n) is 12.9. The molecule has 114 valence electrons. The lowest BCUT2D eigenvalue weighted by atomic mass is 10.1. The molecule has 2 atom stereocenters. The van der Waals surface area contributed by atoms with E-state index in [9.17, 15) is 4.21 Å². The first kappa shape index (κ1) is 16.1. The number of ether oxygens (including phenoxy) is 1. The maximum absolute atomic E-state index is 12.7. The molecule has 0 saturated carbocycles. The minimum atomic E-state index is -1.21. The molecule has 0 aliphatic rings. The summed E-state index contributed by atoms with van der Waals surface area (Å²) in [5.41, 5.74) is 1.21. The molecule has 0 amide bonds. The highest BCUT2D eigenvalue weighted by atomic mass is 32.2. The SMILES string of the molecule is CCC(CCOC)NS(=O)c1ccc(C)c2ccccc12. The van der Waals surface area contributed by atoms with Crippen molar-refractivity contribution in [2.24, 2.45) is 0 Å². The van der Waals surface area contributed by atoms with Crippen molar-refractivity contribution >= 4 is 21.8 Å². The number of fused-ring (bicyclic) bond motifs is 1. The van der Waals surface area contributed by atoms with E-state index < -0.39 is 11.0 Å². The Hall–Kier alpha value is -1.23. The lowest BCUT2D eigenvalue weighted by Gasteiger charge is -2.17. The van der Waals surface area contributed by atoms with Gasteiger partial charge in [-0.15, -0.1) is 0 Å². The van der Waals surface area contributed by atoms with Crippen molar-refractivity contribution in [2.75, 3.05) is 13.7 Å². The lowest BCUT2D eigenvalue weighted by molar-refractivity contribution is 0.185. The number of rotatable bonds is 7. The number of hydrogen-bond acceptors (Lipinski definition) is 2. The van der Waals surface area contributed by atoms with E-state index in [2.05, 4.69) is 24.6 Å². The monoisotopic (exact) mass is 305 g/mol. The molecule has 0 aliphatic heterocycles. The van der Waals surface area contributed by atoms with Crippen LogP contribution in [0.3, 0.4) is 0 Å². The van der Waals surface area contributed by atoms with Gasteiger partial charge in [-0.2, -0.15) is 0 Å². The fourth-order valence-electron chi connectivity index (χ4n) is 2.41. The van der Waals surface area contributed by atoms with Gasteiger partial charge in [0.1, 0.15) is 11.0 Å². The van der Waals surface area contributed by atoms with Gasteiger partial charge in [-0.25, -0.2) is 8.93 Å². The van der Waals surface area contributed by atoms with Crippen LogP contribution in [0.4, 0.5) is 0 Å². The molecule has 21 heavy (non-hydrogen) atoms. The van der Waals surface area contributed by atoms with Gasteiger partial charge in [-0.1, -0.05) is 37.3 Å². The first-order valence-electron chi connectivity index (χ1n) is 7.32. The van der Waals surface area contributed by atoms with E-state index >= 15 is 0 Å². The summed E-state index contributed by atoms with van der Waals surface area (Å²) in [4.78, 5) is 0.854. The number of nitrogens with one attached hydrogen (secondary N) is 1. The van der Waals surface area contributed by atoms with Crippen LogP contribution in [0.2, 0.25) is 0 Å². The van der Waals surface area contributed by atoms with E-state index in [1.54, 1.807) is 7.11 Å². The molecule has 0 fully saturated rings. The Balaban J connectivity index is 2.25. The summed E-state index contributed by atoms with van der Waals surface area (Å²) in [5.74, 6) is 0. The van der Waals surface area contributed by atoms with Crippen LogP contribution >= 0.6 is 0 Å². The standard InChI is InChI=1S/C17H23NO2S/c1-4-14(11-12-20-3)18-21(19)17-10-9-13(2)15-7-5-6-8-16(15)17/h5-10,14,18H,4,11-12H2,1-3H3. The van der Waals surface area contributed by atoms with E-state index in [1.807, 2.05) is 30.3 Å². The van der Waals surface area contributed by atoms with Gasteiger partial charge in [0, 0.05) is 19.8 Å². The predicted molar refractivity (Wildman–Crippen MR) is 88.8 cm³/mol. The Morgan fingerprint density at radius 3 is 2.57 bits per heavy atom. The van der Waals surface area contributed by atoms with Crippen molar-refractivity contribution in [2.45, 2.75) is 37.6 Å². The molecular formula is C17H23NO2S. The molecule has 2 unspecified atom stereocenters. The maximum atomic E-state index is 12.7. The molecule has 2 rings (SSSR count). The average molecular weight is 305 g/mol. The van der Waals surface area contributed by atoms with Gasteiger partial charge in [0.05, 0.1) is 4.90 Å². The van der Waals surface area contributed by atoms with E-state index in [0.717, 1.165) is 28.5 Å². The van der Waals surface area contributed by atoms with Crippen molar-refractivity contribution in [3.63, 3.8) is 0 Å². The van der Waals surface area contributed by atoms with Crippen LogP contribution in [0.25, 0.3) is 10.8 Å². The highest BCUT2D eigenvalue weighted by Crippen LogP contribution is 2.24. The van der Waals surface area contributed by atoms with Crippen molar-refractivity contribution < 1.29 is 8.95 Å². The summed E-state index contributed by atoms with van der Waals surface area (Å²) in [5, 5.41) is 2.22. The summed E-state index contributed by atoms with van der Waals surface area (Å²) < 4.78 is 21.0. The summed E-state index contributed by atoms with van der Waals surface area (Å²) in [6.07, 6.45) is 1.79. The first-order valence-corrected chi connectivity index (χ1v) is 8.47. The third kappa shape index (κ3) is 3.90. The van der Waals surface area contributed by atoms with E-state index in [-0.39, 0.29) is 6.04 Å². The molecule has 0 saturated heterocycles. The van der Waals surface area contributed by atoms with Crippen molar-refractivity contribution in [1.29, 1.82) is 0 Å². The normalized spacial score (nSPS) is 14.2. The Morgan fingerprint density at radius 2 is 1.90 bits per heavy atom. The van der Waals surface area contributed by atoms with Gasteiger partial charge in [-0.3, -0.25) is 0 Å². The molecular weight excluding hydrogens is 282 g/mol. The van der Waals surface area contributed by atoms with E-state index in [1.165, 1.54) is 5.56 Å². The van der Waals surface area contributed by atoms with Crippen LogP contribution in [0.15, 0.2) is 41.3 Å². The summed E-state index contributed by atoms with van der Waals surface area (Å²) in [7, 11) is 0.486. The maximum Gasteiger partial charge on any atom is 0.125 e. The molecule has 0 heterocycles. The predicted octanol–water partition coefficient (Wildman–Crippen LogP) is 3.58. The number of aryl methyl sites for hydroxylation is 1. The van der Waals surface area contributed by atoms with Crippen LogP contribution in [0.1, 0.15) is 25.3 Å². The number of benzene rings is 2. The lowest BCUT2D eigenvalue weighted by Crippen LogP contribution is -2.31. The zero-order valence-corrected chi connectivity index (χ0v) is 13.7. The first-order chi connectivity index (χ1) is 10.2. The fraction of sp³-hybridized carbons (Fsp3) is 0.412. The minimum Gasteiger partial charge on any atom is -0.385 e. The van der Waals surface area contributed by atoms with Gasteiger partial charge in [0.15, 0.2) is 0 Å². The van der Waals surface area contributed by atoms with Crippen LogP contribution in [0, 0.1) is 6.92 Å². The molecule has 0 radical (unpaired) electrons. The molecule has 0 aromatic heterocycles. The Kier molecular flexibility index (Phi) is 5.91. The van der Waals surface area contributed by atoms with Crippen LogP contribution < -0.4 is 4.72 Å². The zero-order chi connectivity index (χ0) is 15.2. The van der Waals surface area contributed by atoms with Crippen molar-refractivity contribution in [3.8, 4) is 0 Å². The molecule has 2 aromatic rings. The second-order valence-electron chi connectivity index (χ2n) is 5.20. The molecule has 0 aliphatic carbocycles. The Morgan fingerprint density at radius 1 is 1.19 bits per heavy atom. The van der Waals surface area contributed by atoms with Gasteiger partial charge in [0.2, 0.25) is 0 Å². The van der Waals surface area contributed by atoms with Gasteiger partial charge >= 0.3 is 0 Å². The van der Waals surface area contributed by atoms with Gasteiger partial charge < -0.3 is 4.74 Å². The van der Waals surface area contributed by atoms with Crippen LogP contribution in [-0.2, 0) is 15.7 Å². The molecule has 0 bridgehead atoms. The third-order valence-corrected chi connectivity index (χ3v) is 5.04. The highest BCUT2D eigenvalue weighted by molar-refractivity contribution is 7.83. The van der Waals surface area contributed by atoms with Gasteiger partial charge in [-0.05, 0) is 42.2 Å². The summed E-state index contributed by atoms with van der Waals surface area (Å²) >= 11 is 0. The molecule has 0 spiro atoms. The average Bonchev–Trinajstić information content (AvgIpc) is 2.51. The van der Waals surface area contributed by atoms with Crippen molar-refractivity contribution in [3.05, 3.63) is 42.0 Å². The summed E-state index contributed by atoms with van der Waals surface area (Å²) in [6, 6.07) is 12.3. The Labute approximate surface area is 129 Å². The fourth-order valence-corrected chi connectivity index (χ4v) is 3.69. The summed E-state index contributed by atoms with van der Waals surface area (Å²) in [6.45, 7) is 4.85. The van der Waals surface area contributed by atoms with Gasteiger partial charge in [0.25, 0.3) is 0 Å². The highest BCUT2D eigenvalue weighted by Gasteiger charge is 2.14. The van der Waals surface area contributed by atoms with E-state index in [4.69, 9.17) is 4.74 Å². The minimum absolute atomic E-state index is 0.200. The quantitative estimate of drug-likeness (QED) is 0.849. The topological polar surface area (TPSA) is 38.3 Å². The molecule has 4 heteroatoms. The van der Waals surface area contributed by atoms with Crippen LogP contribution in [-0.4, -0.2) is 24.0 Å². The number of methoxy groups -OCH3 is 1. The second-order valence-corrected chi connectivity index (χ2v) is 6.41. The van der Waals surface area contributed by atoms with Crippen molar-refractivity contribution in [1.82, 2.24) is 4.72 Å². The molecule has 2 aromatic carbocycles. The smallest absolute Gasteiger partial charge is 0.125 e. The third-order valence-electron chi connectivity index (χ3n) is 3.74. The van der Waals surface area contributed by atoms with E-state index in [0.29, 0.717) is 6.61 Å². The Bertz CT molecular complexity index is 627. The van der Waals surface area contributed by atoms with Crippen LogP contribution in [0.5, 0.6) is 0 Å². The number of hydrogen-bond donors (Lipinski definition) is 1. The largest absolute Gasteiger partial charge is 0.385 e. The molecule has 3 nitrogen and oxygen atoms in total. The molecule has 1 N–H and O–H groups in total.